The van der Waals surface area contributed by atoms with Gasteiger partial charge in [0.15, 0.2) is 5.03 Å². The molecule has 0 saturated carbocycles. The lowest BCUT2D eigenvalue weighted by Gasteiger charge is -2.21. The monoisotopic (exact) mass is 485 g/mol. The molecule has 1 aliphatic heterocycles. The minimum atomic E-state index is -4.85. The quantitative estimate of drug-likeness (QED) is 0.540. The van der Waals surface area contributed by atoms with E-state index in [-0.39, 0.29) is 18.1 Å². The van der Waals surface area contributed by atoms with Crippen LogP contribution in [0.2, 0.25) is 0 Å². The largest absolute Gasteiger partial charge is 0.573 e. The molecule has 33 heavy (non-hydrogen) atoms. The molecule has 2 atom stereocenters. The number of sulfonamides is 1. The highest BCUT2D eigenvalue weighted by atomic mass is 32.2. The Labute approximate surface area is 186 Å². The first-order valence-electron chi connectivity index (χ1n) is 9.73. The van der Waals surface area contributed by atoms with E-state index in [1.165, 1.54) is 51.7 Å². The van der Waals surface area contributed by atoms with Crippen molar-refractivity contribution in [2.24, 2.45) is 7.05 Å². The number of aromatic nitrogens is 3. The maximum Gasteiger partial charge on any atom is 0.573 e. The van der Waals surface area contributed by atoms with Crippen LogP contribution in [-0.4, -0.2) is 52.8 Å². The molecule has 1 aromatic carbocycles. The molecule has 3 aromatic rings. The number of benzene rings is 1. The van der Waals surface area contributed by atoms with Crippen molar-refractivity contribution in [2.45, 2.75) is 23.3 Å². The van der Waals surface area contributed by atoms with Gasteiger partial charge in [-0.2, -0.15) is 4.31 Å². The van der Waals surface area contributed by atoms with Crippen LogP contribution in [0.4, 0.5) is 23.2 Å². The van der Waals surface area contributed by atoms with E-state index in [4.69, 9.17) is 0 Å². The number of pyridine rings is 1. The van der Waals surface area contributed by atoms with Gasteiger partial charge in [0, 0.05) is 55.7 Å². The third kappa shape index (κ3) is 5.25. The Balaban J connectivity index is 1.63. The van der Waals surface area contributed by atoms with Crippen LogP contribution in [0.3, 0.4) is 0 Å². The first kappa shape index (κ1) is 23.0. The van der Waals surface area contributed by atoms with Gasteiger partial charge in [0.1, 0.15) is 11.6 Å². The molecule has 1 aliphatic rings. The van der Waals surface area contributed by atoms with Gasteiger partial charge in [0.25, 0.3) is 10.0 Å². The number of nitrogens with zero attached hydrogens (tertiary/aromatic N) is 4. The summed E-state index contributed by atoms with van der Waals surface area (Å²) in [5.74, 6) is -1.47. The molecular formula is C20H19F4N5O3S. The number of nitrogens with one attached hydrogen (secondary N) is 1. The van der Waals surface area contributed by atoms with Crippen molar-refractivity contribution in [3.05, 3.63) is 66.6 Å². The van der Waals surface area contributed by atoms with E-state index in [1.54, 1.807) is 7.05 Å². The topological polar surface area (TPSA) is 89.4 Å². The Hall–Kier alpha value is -3.19. The van der Waals surface area contributed by atoms with Gasteiger partial charge in [-0.1, -0.05) is 6.07 Å². The highest BCUT2D eigenvalue weighted by Crippen LogP contribution is 2.33. The van der Waals surface area contributed by atoms with Gasteiger partial charge in [-0.3, -0.25) is 4.98 Å². The summed E-state index contributed by atoms with van der Waals surface area (Å²) >= 11 is 0. The van der Waals surface area contributed by atoms with Gasteiger partial charge in [-0.25, -0.2) is 17.8 Å². The predicted molar refractivity (Wildman–Crippen MR) is 109 cm³/mol. The van der Waals surface area contributed by atoms with Gasteiger partial charge >= 0.3 is 6.36 Å². The van der Waals surface area contributed by atoms with Crippen molar-refractivity contribution in [2.75, 3.05) is 18.4 Å². The molecule has 1 fully saturated rings. The average Bonchev–Trinajstić information content (AvgIpc) is 3.35. The molecule has 8 nitrogen and oxygen atoms in total. The summed E-state index contributed by atoms with van der Waals surface area (Å²) in [6, 6.07) is 7.34. The lowest BCUT2D eigenvalue weighted by atomic mass is 9.98. The van der Waals surface area contributed by atoms with E-state index in [1.807, 2.05) is 0 Å². The zero-order valence-corrected chi connectivity index (χ0v) is 18.0. The van der Waals surface area contributed by atoms with Crippen LogP contribution in [0.25, 0.3) is 0 Å². The Bertz CT molecular complexity index is 1230. The van der Waals surface area contributed by atoms with E-state index in [0.717, 1.165) is 12.3 Å². The lowest BCUT2D eigenvalue weighted by molar-refractivity contribution is -0.274. The normalized spacial score (nSPS) is 19.5. The standard InChI is InChI=1S/C20H19F4N5O3S/c1-28-11-19(26-12-28)33(30,31)29-9-16(17-6-5-13(21)8-25-17)18(10-29)27-14-3-2-4-15(7-14)32-20(22,23)24/h2-8,11-12,16,18,27H,9-10H2,1H3/t16-,18+/m0/s1. The maximum absolute atomic E-state index is 13.4. The van der Waals surface area contributed by atoms with Crippen molar-refractivity contribution >= 4 is 15.7 Å². The zero-order chi connectivity index (χ0) is 23.8. The second-order valence-corrected chi connectivity index (χ2v) is 9.42. The van der Waals surface area contributed by atoms with Crippen molar-refractivity contribution in [3.63, 3.8) is 0 Å². The molecule has 0 unspecified atom stereocenters. The molecule has 1 N–H and O–H groups in total. The molecule has 4 rings (SSSR count). The molecule has 0 radical (unpaired) electrons. The molecule has 176 valence electrons. The van der Waals surface area contributed by atoms with Crippen LogP contribution in [0.1, 0.15) is 11.6 Å². The SMILES string of the molecule is Cn1cnc(S(=O)(=O)N2C[C@@H](Nc3cccc(OC(F)(F)F)c3)[C@H](c3ccc(F)cn3)C2)c1. The fraction of sp³-hybridized carbons (Fsp3) is 0.300. The fourth-order valence-electron chi connectivity index (χ4n) is 3.67. The smallest absolute Gasteiger partial charge is 0.406 e. The Kier molecular flexibility index (Phi) is 6.01. The van der Waals surface area contributed by atoms with Crippen LogP contribution in [-0.2, 0) is 17.1 Å². The first-order chi connectivity index (χ1) is 15.5. The number of imidazole rings is 1. The summed E-state index contributed by atoms with van der Waals surface area (Å²) in [6.07, 6.45) is -1.08. The summed E-state index contributed by atoms with van der Waals surface area (Å²) in [4.78, 5) is 8.00. The molecule has 0 amide bonds. The second kappa shape index (κ2) is 8.63. The van der Waals surface area contributed by atoms with Crippen LogP contribution in [0.15, 0.2) is 60.1 Å². The maximum atomic E-state index is 13.4. The summed E-state index contributed by atoms with van der Waals surface area (Å²) in [5.41, 5.74) is 0.737. The third-order valence-electron chi connectivity index (χ3n) is 5.12. The summed E-state index contributed by atoms with van der Waals surface area (Å²) < 4.78 is 84.0. The number of anilines is 1. The second-order valence-electron chi connectivity index (χ2n) is 7.53. The number of hydrogen-bond donors (Lipinski definition) is 1. The number of rotatable bonds is 6. The highest BCUT2D eigenvalue weighted by Gasteiger charge is 2.41. The fourth-order valence-corrected chi connectivity index (χ4v) is 5.13. The van der Waals surface area contributed by atoms with Crippen LogP contribution < -0.4 is 10.1 Å². The summed E-state index contributed by atoms with van der Waals surface area (Å²) in [5, 5.41) is 2.95. The summed E-state index contributed by atoms with van der Waals surface area (Å²) in [7, 11) is -2.30. The average molecular weight is 485 g/mol. The first-order valence-corrected chi connectivity index (χ1v) is 11.2. The number of aryl methyl sites for hydroxylation is 1. The molecule has 1 saturated heterocycles. The lowest BCUT2D eigenvalue weighted by Crippen LogP contribution is -2.32. The van der Waals surface area contributed by atoms with Crippen LogP contribution >= 0.6 is 0 Å². The van der Waals surface area contributed by atoms with E-state index in [2.05, 4.69) is 20.0 Å². The van der Waals surface area contributed by atoms with E-state index in [9.17, 15) is 26.0 Å². The number of alkyl halides is 3. The Morgan fingerprint density at radius 1 is 1.15 bits per heavy atom. The van der Waals surface area contributed by atoms with Gasteiger partial charge in [-0.05, 0) is 24.3 Å². The van der Waals surface area contributed by atoms with Gasteiger partial charge in [0.05, 0.1) is 12.5 Å². The Morgan fingerprint density at radius 3 is 2.58 bits per heavy atom. The minimum absolute atomic E-state index is 0.00696. The molecule has 0 aliphatic carbocycles. The van der Waals surface area contributed by atoms with Crippen LogP contribution in [0, 0.1) is 5.82 Å². The number of ether oxygens (including phenoxy) is 1. The van der Waals surface area contributed by atoms with Crippen LogP contribution in [0.5, 0.6) is 5.75 Å². The highest BCUT2D eigenvalue weighted by molar-refractivity contribution is 7.89. The number of hydrogen-bond acceptors (Lipinski definition) is 6. The van der Waals surface area contributed by atoms with Gasteiger partial charge in [0.2, 0.25) is 0 Å². The summed E-state index contributed by atoms with van der Waals surface area (Å²) in [6.45, 7) is 0.0148. The molecule has 3 heterocycles. The van der Waals surface area contributed by atoms with Crippen molar-refractivity contribution in [1.82, 2.24) is 18.8 Å². The van der Waals surface area contributed by atoms with Crippen molar-refractivity contribution in [3.8, 4) is 5.75 Å². The van der Waals surface area contributed by atoms with Gasteiger partial charge < -0.3 is 14.6 Å². The molecule has 0 spiro atoms. The minimum Gasteiger partial charge on any atom is -0.406 e. The molecule has 0 bridgehead atoms. The number of halogens is 4. The van der Waals surface area contributed by atoms with Gasteiger partial charge in [-0.15, -0.1) is 13.2 Å². The third-order valence-corrected chi connectivity index (χ3v) is 6.84. The van der Waals surface area contributed by atoms with E-state index >= 15 is 0 Å². The van der Waals surface area contributed by atoms with Crippen molar-refractivity contribution in [1.29, 1.82) is 0 Å². The molecular weight excluding hydrogens is 466 g/mol. The van der Waals surface area contributed by atoms with E-state index < -0.39 is 39.9 Å². The van der Waals surface area contributed by atoms with E-state index in [0.29, 0.717) is 11.4 Å². The Morgan fingerprint density at radius 2 is 1.94 bits per heavy atom. The molecule has 13 heteroatoms. The zero-order valence-electron chi connectivity index (χ0n) is 17.2. The predicted octanol–water partition coefficient (Wildman–Crippen LogP) is 3.12. The van der Waals surface area contributed by atoms with Crippen molar-refractivity contribution < 1.29 is 30.7 Å². The molecule has 2 aromatic heterocycles.